The first-order chi connectivity index (χ1) is 19.2. The first kappa shape index (κ1) is 26.8. The molecule has 2 N–H and O–H groups in total. The van der Waals surface area contributed by atoms with Gasteiger partial charge in [-0.3, -0.25) is 19.3 Å². The number of carbonyl (C=O) groups excluding carboxylic acids is 2. The topological polar surface area (TPSA) is 129 Å². The number of halogens is 1. The van der Waals surface area contributed by atoms with Crippen molar-refractivity contribution in [1.82, 2.24) is 34.8 Å². The highest BCUT2D eigenvalue weighted by atomic mass is 35.5. The van der Waals surface area contributed by atoms with Gasteiger partial charge in [-0.1, -0.05) is 17.7 Å². The molecule has 0 bridgehead atoms. The van der Waals surface area contributed by atoms with E-state index in [1.54, 1.807) is 29.2 Å². The van der Waals surface area contributed by atoms with Gasteiger partial charge in [0.05, 0.1) is 35.6 Å². The molecule has 0 fully saturated rings. The summed E-state index contributed by atoms with van der Waals surface area (Å²) in [6.07, 6.45) is 5.12. The number of anilines is 1. The zero-order valence-electron chi connectivity index (χ0n) is 22.3. The van der Waals surface area contributed by atoms with Gasteiger partial charge in [0.1, 0.15) is 11.2 Å². The number of pyridine rings is 2. The standard InChI is InChI=1S/C28H27ClN8O3/c1-16(2)32-28(39)23-24(17(3)12-18-14-36(35-25(18)23)15-19-8-5-6-10-30-19)33-27(38)21-13-22(40-4)34-37(21)26-20(29)9-7-11-31-26/h5-14,16H,15H2,1-4H3,(H,32,39)(H,33,38). The summed E-state index contributed by atoms with van der Waals surface area (Å²) >= 11 is 6.35. The average Bonchev–Trinajstić information content (AvgIpc) is 3.53. The van der Waals surface area contributed by atoms with E-state index in [1.807, 2.05) is 51.2 Å². The van der Waals surface area contributed by atoms with Crippen molar-refractivity contribution in [3.8, 4) is 11.7 Å². The highest BCUT2D eigenvalue weighted by molar-refractivity contribution is 6.32. The minimum Gasteiger partial charge on any atom is -0.480 e. The molecular formula is C28H27ClN8O3. The summed E-state index contributed by atoms with van der Waals surface area (Å²) in [4.78, 5) is 35.9. The normalized spacial score (nSPS) is 11.2. The third kappa shape index (κ3) is 5.36. The highest BCUT2D eigenvalue weighted by Gasteiger charge is 2.26. The summed E-state index contributed by atoms with van der Waals surface area (Å²) in [5, 5.41) is 15.9. The Labute approximate surface area is 235 Å². The molecule has 5 rings (SSSR count). The van der Waals surface area contributed by atoms with E-state index in [2.05, 4.69) is 25.7 Å². The van der Waals surface area contributed by atoms with Gasteiger partial charge < -0.3 is 15.4 Å². The van der Waals surface area contributed by atoms with E-state index in [-0.39, 0.29) is 34.9 Å². The van der Waals surface area contributed by atoms with Crippen molar-refractivity contribution in [2.24, 2.45) is 0 Å². The lowest BCUT2D eigenvalue weighted by Gasteiger charge is -2.16. The molecule has 0 radical (unpaired) electrons. The molecule has 204 valence electrons. The smallest absolute Gasteiger partial charge is 0.274 e. The van der Waals surface area contributed by atoms with Crippen molar-refractivity contribution in [3.63, 3.8) is 0 Å². The van der Waals surface area contributed by atoms with Crippen LogP contribution in [0.15, 0.2) is 61.1 Å². The summed E-state index contributed by atoms with van der Waals surface area (Å²) in [5.74, 6) is -0.437. The molecule has 0 aliphatic heterocycles. The summed E-state index contributed by atoms with van der Waals surface area (Å²) < 4.78 is 8.31. The van der Waals surface area contributed by atoms with Gasteiger partial charge in [0.2, 0.25) is 5.88 Å². The van der Waals surface area contributed by atoms with E-state index in [1.165, 1.54) is 17.9 Å². The number of hydrogen-bond acceptors (Lipinski definition) is 7. The van der Waals surface area contributed by atoms with Crippen LogP contribution in [0.1, 0.15) is 46.0 Å². The quantitative estimate of drug-likeness (QED) is 0.288. The molecule has 0 aliphatic carbocycles. The molecule has 0 atom stereocenters. The molecule has 0 unspecified atom stereocenters. The predicted molar refractivity (Wildman–Crippen MR) is 151 cm³/mol. The van der Waals surface area contributed by atoms with Gasteiger partial charge in [-0.05, 0) is 56.7 Å². The van der Waals surface area contributed by atoms with Crippen LogP contribution in [0.25, 0.3) is 16.7 Å². The predicted octanol–water partition coefficient (Wildman–Crippen LogP) is 4.42. The van der Waals surface area contributed by atoms with Crippen LogP contribution in [0, 0.1) is 6.92 Å². The molecule has 0 saturated heterocycles. The maximum Gasteiger partial charge on any atom is 0.274 e. The molecule has 5 aromatic rings. The van der Waals surface area contributed by atoms with Crippen molar-refractivity contribution in [2.75, 3.05) is 12.4 Å². The van der Waals surface area contributed by atoms with E-state index in [0.717, 1.165) is 11.1 Å². The molecule has 0 saturated carbocycles. The third-order valence-electron chi connectivity index (χ3n) is 6.05. The number of carbonyl (C=O) groups is 2. The number of rotatable bonds is 8. The summed E-state index contributed by atoms with van der Waals surface area (Å²) in [6, 6.07) is 12.2. The van der Waals surface area contributed by atoms with Gasteiger partial charge in [-0.15, -0.1) is 5.10 Å². The van der Waals surface area contributed by atoms with E-state index in [4.69, 9.17) is 21.4 Å². The Kier molecular flexibility index (Phi) is 7.47. The van der Waals surface area contributed by atoms with Crippen molar-refractivity contribution in [3.05, 3.63) is 88.6 Å². The number of benzene rings is 1. The van der Waals surface area contributed by atoms with Crippen LogP contribution in [0.3, 0.4) is 0 Å². The van der Waals surface area contributed by atoms with Crippen LogP contribution in [-0.4, -0.2) is 54.5 Å². The zero-order valence-corrected chi connectivity index (χ0v) is 23.1. The number of nitrogens with zero attached hydrogens (tertiary/aromatic N) is 6. The third-order valence-corrected chi connectivity index (χ3v) is 6.34. The average molecular weight is 559 g/mol. The largest absolute Gasteiger partial charge is 0.480 e. The Morgan fingerprint density at radius 3 is 2.55 bits per heavy atom. The SMILES string of the molecule is COc1cc(C(=O)Nc2c(C)cc3cn(Cc4ccccn4)nc3c2C(=O)NC(C)C)n(-c2ncccc2Cl)n1. The number of hydrogen-bond donors (Lipinski definition) is 2. The molecule has 4 heterocycles. The fourth-order valence-electron chi connectivity index (χ4n) is 4.31. The zero-order chi connectivity index (χ0) is 28.4. The first-order valence-electron chi connectivity index (χ1n) is 12.5. The number of amides is 2. The van der Waals surface area contributed by atoms with Crippen LogP contribution < -0.4 is 15.4 Å². The van der Waals surface area contributed by atoms with Gasteiger partial charge >= 0.3 is 0 Å². The molecule has 0 spiro atoms. The van der Waals surface area contributed by atoms with Crippen molar-refractivity contribution >= 4 is 40.0 Å². The molecule has 40 heavy (non-hydrogen) atoms. The minimum absolute atomic E-state index is 0.118. The Hall–Kier alpha value is -4.77. The lowest BCUT2D eigenvalue weighted by Crippen LogP contribution is -2.31. The van der Waals surface area contributed by atoms with Gasteiger partial charge in [-0.2, -0.15) is 5.10 Å². The molecule has 11 nitrogen and oxygen atoms in total. The Morgan fingerprint density at radius 2 is 1.85 bits per heavy atom. The Bertz CT molecular complexity index is 1710. The maximum absolute atomic E-state index is 13.7. The van der Waals surface area contributed by atoms with Crippen LogP contribution in [0.4, 0.5) is 5.69 Å². The molecule has 1 aromatic carbocycles. The second kappa shape index (κ2) is 11.1. The van der Waals surface area contributed by atoms with Crippen molar-refractivity contribution < 1.29 is 14.3 Å². The van der Waals surface area contributed by atoms with E-state index in [0.29, 0.717) is 28.3 Å². The van der Waals surface area contributed by atoms with E-state index in [9.17, 15) is 9.59 Å². The Balaban J connectivity index is 1.59. The molecule has 12 heteroatoms. The van der Waals surface area contributed by atoms with Gasteiger partial charge in [-0.25, -0.2) is 9.67 Å². The van der Waals surface area contributed by atoms with Crippen LogP contribution in [0.5, 0.6) is 5.88 Å². The number of fused-ring (bicyclic) bond motifs is 1. The van der Waals surface area contributed by atoms with Crippen molar-refractivity contribution in [1.29, 1.82) is 0 Å². The van der Waals surface area contributed by atoms with Gasteiger partial charge in [0, 0.05) is 36.1 Å². The second-order valence-electron chi connectivity index (χ2n) is 9.40. The van der Waals surface area contributed by atoms with E-state index < -0.39 is 5.91 Å². The highest BCUT2D eigenvalue weighted by Crippen LogP contribution is 2.31. The van der Waals surface area contributed by atoms with Crippen LogP contribution >= 0.6 is 11.6 Å². The van der Waals surface area contributed by atoms with E-state index >= 15 is 0 Å². The number of methoxy groups -OCH3 is 1. The number of ether oxygens (including phenoxy) is 1. The van der Waals surface area contributed by atoms with Gasteiger partial charge in [0.25, 0.3) is 11.8 Å². The summed E-state index contributed by atoms with van der Waals surface area (Å²) in [7, 11) is 1.45. The molecule has 2 amide bonds. The fraction of sp³-hybridized carbons (Fsp3) is 0.214. The van der Waals surface area contributed by atoms with Crippen LogP contribution in [0.2, 0.25) is 5.02 Å². The van der Waals surface area contributed by atoms with Gasteiger partial charge in [0.15, 0.2) is 5.82 Å². The fourth-order valence-corrected chi connectivity index (χ4v) is 4.51. The molecular weight excluding hydrogens is 532 g/mol. The Morgan fingerprint density at radius 1 is 1.05 bits per heavy atom. The number of nitrogens with one attached hydrogen (secondary N) is 2. The molecule has 4 aromatic heterocycles. The lowest BCUT2D eigenvalue weighted by atomic mass is 10.0. The maximum atomic E-state index is 13.7. The summed E-state index contributed by atoms with van der Waals surface area (Å²) in [5.41, 5.74) is 2.66. The van der Waals surface area contributed by atoms with Crippen molar-refractivity contribution in [2.45, 2.75) is 33.4 Å². The summed E-state index contributed by atoms with van der Waals surface area (Å²) in [6.45, 7) is 5.98. The second-order valence-corrected chi connectivity index (χ2v) is 9.81. The monoisotopic (exact) mass is 558 g/mol. The number of aromatic nitrogens is 6. The van der Waals surface area contributed by atoms with Crippen LogP contribution in [-0.2, 0) is 6.54 Å². The minimum atomic E-state index is -0.536. The lowest BCUT2D eigenvalue weighted by molar-refractivity contribution is 0.0945. The molecule has 0 aliphatic rings. The number of aryl methyl sites for hydroxylation is 1. The first-order valence-corrected chi connectivity index (χ1v) is 12.9.